The molecule has 4 heteroatoms. The second-order valence-electron chi connectivity index (χ2n) is 2.84. The van der Waals surface area contributed by atoms with E-state index in [4.69, 9.17) is 0 Å². The summed E-state index contributed by atoms with van der Waals surface area (Å²) in [6.07, 6.45) is -1.21. The summed E-state index contributed by atoms with van der Waals surface area (Å²) >= 11 is 0. The molecule has 0 N–H and O–H groups in total. The average Bonchev–Trinajstić information content (AvgIpc) is 2.20. The van der Waals surface area contributed by atoms with Gasteiger partial charge in [0.2, 0.25) is 0 Å². The van der Waals surface area contributed by atoms with Crippen molar-refractivity contribution in [3.05, 3.63) is 0 Å². The molecule has 0 amide bonds. The lowest BCUT2D eigenvalue weighted by Crippen LogP contribution is -2.02. The number of rotatable bonds is 0. The molecule has 0 unspecified atom stereocenters. The Labute approximate surface area is 48.8 Å². The minimum atomic E-state index is -3.06. The fourth-order valence-electron chi connectivity index (χ4n) is 1.26. The zero-order valence-electron chi connectivity index (χ0n) is 4.43. The third kappa shape index (κ3) is 0.382. The Bertz CT molecular complexity index is 152. The number of halogens is 4. The van der Waals surface area contributed by atoms with E-state index in [0.717, 1.165) is 0 Å². The molecule has 0 aromatic carbocycles. The lowest BCUT2D eigenvalue weighted by atomic mass is 10.4. The molecule has 2 rings (SSSR count). The molecule has 2 fully saturated rings. The first kappa shape index (κ1) is 5.50. The minimum absolute atomic E-state index is 0.604. The van der Waals surface area contributed by atoms with E-state index in [1.54, 1.807) is 0 Å². The van der Waals surface area contributed by atoms with E-state index in [-0.39, 0.29) is 0 Å². The molecule has 9 heavy (non-hydrogen) atoms. The summed E-state index contributed by atoms with van der Waals surface area (Å²) < 4.78 is 48.0. The van der Waals surface area contributed by atoms with Crippen molar-refractivity contribution in [1.82, 2.24) is 0 Å². The molecule has 0 aromatic heterocycles. The molecule has 1 spiro atoms. The largest absolute Gasteiger partial charge is 0.260 e. The third-order valence-electron chi connectivity index (χ3n) is 2.20. The molecule has 0 atom stereocenters. The first-order valence-electron chi connectivity index (χ1n) is 2.67. The fourth-order valence-corrected chi connectivity index (χ4v) is 1.26. The summed E-state index contributed by atoms with van der Waals surface area (Å²) in [4.78, 5) is 0. The van der Waals surface area contributed by atoms with Crippen LogP contribution in [0.2, 0.25) is 0 Å². The first-order chi connectivity index (χ1) is 3.91. The predicted octanol–water partition coefficient (Wildman–Crippen LogP) is 2.05. The van der Waals surface area contributed by atoms with E-state index in [1.807, 2.05) is 0 Å². The zero-order valence-corrected chi connectivity index (χ0v) is 4.43. The summed E-state index contributed by atoms with van der Waals surface area (Å²) in [5.41, 5.74) is -1.88. The van der Waals surface area contributed by atoms with E-state index in [9.17, 15) is 17.6 Å². The van der Waals surface area contributed by atoms with Gasteiger partial charge in [0.25, 0.3) is 11.8 Å². The van der Waals surface area contributed by atoms with Crippen LogP contribution in [0.25, 0.3) is 0 Å². The summed E-state index contributed by atoms with van der Waals surface area (Å²) in [5.74, 6) is -6.12. The Morgan fingerprint density at radius 1 is 0.778 bits per heavy atom. The molecule has 2 aliphatic rings. The summed E-state index contributed by atoms with van der Waals surface area (Å²) in [6.45, 7) is 0. The van der Waals surface area contributed by atoms with Crippen LogP contribution in [0, 0.1) is 5.41 Å². The molecule has 0 radical (unpaired) electrons. The predicted molar refractivity (Wildman–Crippen MR) is 21.6 cm³/mol. The maximum atomic E-state index is 12.0. The zero-order chi connectivity index (χ0) is 6.91. The van der Waals surface area contributed by atoms with Crippen molar-refractivity contribution < 1.29 is 17.6 Å². The lowest BCUT2D eigenvalue weighted by molar-refractivity contribution is 0.0307. The Hall–Kier alpha value is -0.280. The van der Waals surface area contributed by atoms with Crippen molar-refractivity contribution >= 4 is 0 Å². The van der Waals surface area contributed by atoms with Gasteiger partial charge in [0.1, 0.15) is 5.41 Å². The Kier molecular flexibility index (Phi) is 0.548. The number of hydrogen-bond donors (Lipinski definition) is 0. The quantitative estimate of drug-likeness (QED) is 0.452. The topological polar surface area (TPSA) is 0 Å². The number of hydrogen-bond acceptors (Lipinski definition) is 0. The van der Waals surface area contributed by atoms with Crippen molar-refractivity contribution in [1.29, 1.82) is 0 Å². The van der Waals surface area contributed by atoms with Gasteiger partial charge in [-0.1, -0.05) is 0 Å². The minimum Gasteiger partial charge on any atom is -0.206 e. The van der Waals surface area contributed by atoms with Crippen LogP contribution in [0.3, 0.4) is 0 Å². The van der Waals surface area contributed by atoms with Crippen LogP contribution >= 0.6 is 0 Å². The van der Waals surface area contributed by atoms with Gasteiger partial charge in [0.15, 0.2) is 0 Å². The maximum absolute atomic E-state index is 12.0. The molecule has 0 aromatic rings. The molecule has 0 aliphatic heterocycles. The summed E-state index contributed by atoms with van der Waals surface area (Å²) in [7, 11) is 0. The highest BCUT2D eigenvalue weighted by molar-refractivity contribution is 5.29. The number of alkyl halides is 4. The third-order valence-corrected chi connectivity index (χ3v) is 2.20. The Balaban J connectivity index is 2.22. The van der Waals surface area contributed by atoms with E-state index in [0.29, 0.717) is 0 Å². The van der Waals surface area contributed by atoms with Gasteiger partial charge < -0.3 is 0 Å². The fraction of sp³-hybridized carbons (Fsp3) is 1.00. The van der Waals surface area contributed by atoms with E-state index in [2.05, 4.69) is 0 Å². The van der Waals surface area contributed by atoms with Crippen molar-refractivity contribution in [3.63, 3.8) is 0 Å². The van der Waals surface area contributed by atoms with Gasteiger partial charge in [0.05, 0.1) is 0 Å². The van der Waals surface area contributed by atoms with Crippen LogP contribution in [0.1, 0.15) is 12.8 Å². The van der Waals surface area contributed by atoms with Gasteiger partial charge in [0, 0.05) is 12.8 Å². The summed E-state index contributed by atoms with van der Waals surface area (Å²) in [6, 6.07) is 0. The van der Waals surface area contributed by atoms with Crippen LogP contribution in [0.5, 0.6) is 0 Å². The second kappa shape index (κ2) is 0.896. The molecule has 0 saturated heterocycles. The summed E-state index contributed by atoms with van der Waals surface area (Å²) in [5, 5.41) is 0. The molecule has 0 nitrogen and oxygen atoms in total. The molecule has 2 saturated carbocycles. The van der Waals surface area contributed by atoms with Crippen LogP contribution in [-0.4, -0.2) is 11.8 Å². The van der Waals surface area contributed by atoms with Crippen LogP contribution in [-0.2, 0) is 0 Å². The van der Waals surface area contributed by atoms with Crippen molar-refractivity contribution in [3.8, 4) is 0 Å². The van der Waals surface area contributed by atoms with E-state index < -0.39 is 30.1 Å². The molecule has 0 bridgehead atoms. The highest BCUT2D eigenvalue weighted by Crippen LogP contribution is 2.82. The van der Waals surface area contributed by atoms with Crippen LogP contribution < -0.4 is 0 Å². The van der Waals surface area contributed by atoms with Gasteiger partial charge in [-0.25, -0.2) is 17.6 Å². The van der Waals surface area contributed by atoms with Gasteiger partial charge >= 0.3 is 0 Å². The molecular weight excluding hydrogens is 136 g/mol. The van der Waals surface area contributed by atoms with Gasteiger partial charge in [-0.3, -0.25) is 0 Å². The van der Waals surface area contributed by atoms with Crippen LogP contribution in [0.4, 0.5) is 17.6 Å². The van der Waals surface area contributed by atoms with Crippen LogP contribution in [0.15, 0.2) is 0 Å². The monoisotopic (exact) mass is 140 g/mol. The van der Waals surface area contributed by atoms with Gasteiger partial charge in [-0.15, -0.1) is 0 Å². The van der Waals surface area contributed by atoms with Crippen molar-refractivity contribution in [2.75, 3.05) is 0 Å². The lowest BCUT2D eigenvalue weighted by Gasteiger charge is -1.91. The standard InChI is InChI=1S/C5H4F4/c6-4(7)1-3(4)2-5(3,8)9/h1-2H2. The van der Waals surface area contributed by atoms with E-state index in [1.165, 1.54) is 0 Å². The molecule has 52 valence electrons. The maximum Gasteiger partial charge on any atom is 0.260 e. The first-order valence-corrected chi connectivity index (χ1v) is 2.67. The van der Waals surface area contributed by atoms with Gasteiger partial charge in [-0.2, -0.15) is 0 Å². The smallest absolute Gasteiger partial charge is 0.206 e. The normalized spacial score (nSPS) is 38.7. The average molecular weight is 140 g/mol. The van der Waals surface area contributed by atoms with Crippen molar-refractivity contribution in [2.24, 2.45) is 5.41 Å². The second-order valence-corrected chi connectivity index (χ2v) is 2.84. The van der Waals surface area contributed by atoms with Crippen molar-refractivity contribution in [2.45, 2.75) is 24.7 Å². The van der Waals surface area contributed by atoms with E-state index >= 15 is 0 Å². The highest BCUT2D eigenvalue weighted by atomic mass is 19.3. The molecule has 2 aliphatic carbocycles. The highest BCUT2D eigenvalue weighted by Gasteiger charge is 2.94. The van der Waals surface area contributed by atoms with Gasteiger partial charge in [-0.05, 0) is 0 Å². The molecule has 0 heterocycles. The Morgan fingerprint density at radius 3 is 1.00 bits per heavy atom. The molecular formula is C5H4F4. The SMILES string of the molecule is FC1(F)CC12CC2(F)F. The Morgan fingerprint density at radius 2 is 1.00 bits per heavy atom.